The predicted octanol–water partition coefficient (Wildman–Crippen LogP) is 3.12. The third kappa shape index (κ3) is 5.13. The molecule has 0 aliphatic rings. The van der Waals surface area contributed by atoms with Crippen molar-refractivity contribution in [1.29, 1.82) is 0 Å². The Balaban J connectivity index is 2.22. The first kappa shape index (κ1) is 13.9. The van der Waals surface area contributed by atoms with Crippen molar-refractivity contribution < 1.29 is 13.5 Å². The Morgan fingerprint density at radius 1 is 1.18 bits per heavy atom. The fourth-order valence-electron chi connectivity index (χ4n) is 1.41. The van der Waals surface area contributed by atoms with Gasteiger partial charge in [-0.25, -0.2) is 8.78 Å². The predicted molar refractivity (Wildman–Crippen MR) is 64.2 cm³/mol. The van der Waals surface area contributed by atoms with E-state index in [-0.39, 0.29) is 5.75 Å². The summed E-state index contributed by atoms with van der Waals surface area (Å²) in [5, 5.41) is 3.26. The van der Waals surface area contributed by atoms with Gasteiger partial charge in [-0.2, -0.15) is 0 Å². The van der Waals surface area contributed by atoms with Crippen LogP contribution in [-0.4, -0.2) is 19.2 Å². The van der Waals surface area contributed by atoms with Crippen LogP contribution in [0.1, 0.15) is 26.7 Å². The van der Waals surface area contributed by atoms with E-state index in [1.807, 2.05) is 0 Å². The Morgan fingerprint density at radius 3 is 2.41 bits per heavy atom. The highest BCUT2D eigenvalue weighted by molar-refractivity contribution is 5.25. The summed E-state index contributed by atoms with van der Waals surface area (Å²) >= 11 is 0. The number of halogens is 2. The monoisotopic (exact) mass is 243 g/mol. The third-order valence-electron chi connectivity index (χ3n) is 2.29. The molecule has 0 saturated carbocycles. The summed E-state index contributed by atoms with van der Waals surface area (Å²) in [7, 11) is 0. The summed E-state index contributed by atoms with van der Waals surface area (Å²) in [6.07, 6.45) is 1.70. The standard InChI is InChI=1S/C13H19F2NO/c1-10(2)16-8-3-4-9-17-13-11(14)6-5-7-12(13)15/h5-7,10,16H,3-4,8-9H2,1-2H3. The molecule has 0 spiro atoms. The molecule has 0 radical (unpaired) electrons. The number of ether oxygens (including phenoxy) is 1. The molecule has 4 heteroatoms. The molecule has 1 rings (SSSR count). The summed E-state index contributed by atoms with van der Waals surface area (Å²) < 4.78 is 31.4. The molecule has 0 aliphatic heterocycles. The summed E-state index contributed by atoms with van der Waals surface area (Å²) in [6, 6.07) is 4.17. The molecule has 0 aliphatic carbocycles. The fourth-order valence-corrected chi connectivity index (χ4v) is 1.41. The molecule has 96 valence electrons. The molecular formula is C13H19F2NO. The second-order valence-electron chi connectivity index (χ2n) is 4.22. The molecule has 0 heterocycles. The van der Waals surface area contributed by atoms with Crippen molar-refractivity contribution >= 4 is 0 Å². The highest BCUT2D eigenvalue weighted by Crippen LogP contribution is 2.20. The highest BCUT2D eigenvalue weighted by atomic mass is 19.1. The molecule has 0 bridgehead atoms. The number of rotatable bonds is 7. The van der Waals surface area contributed by atoms with Crippen LogP contribution in [0, 0.1) is 11.6 Å². The van der Waals surface area contributed by atoms with Crippen LogP contribution in [-0.2, 0) is 0 Å². The van der Waals surface area contributed by atoms with E-state index in [9.17, 15) is 8.78 Å². The van der Waals surface area contributed by atoms with E-state index in [1.54, 1.807) is 0 Å². The van der Waals surface area contributed by atoms with E-state index in [4.69, 9.17) is 4.74 Å². The van der Waals surface area contributed by atoms with Gasteiger partial charge in [0.25, 0.3) is 0 Å². The maximum absolute atomic E-state index is 13.2. The van der Waals surface area contributed by atoms with Crippen LogP contribution >= 0.6 is 0 Å². The zero-order valence-corrected chi connectivity index (χ0v) is 10.3. The minimum absolute atomic E-state index is 0.274. The molecule has 2 nitrogen and oxygen atoms in total. The Bertz CT molecular complexity index is 322. The molecule has 0 saturated heterocycles. The average Bonchev–Trinajstić information content (AvgIpc) is 2.26. The lowest BCUT2D eigenvalue weighted by Gasteiger charge is -2.09. The quantitative estimate of drug-likeness (QED) is 0.743. The minimum atomic E-state index is -0.648. The first-order valence-corrected chi connectivity index (χ1v) is 5.91. The zero-order valence-electron chi connectivity index (χ0n) is 10.3. The summed E-state index contributed by atoms with van der Waals surface area (Å²) in [4.78, 5) is 0. The Kier molecular flexibility index (Phi) is 5.91. The van der Waals surface area contributed by atoms with E-state index in [2.05, 4.69) is 19.2 Å². The largest absolute Gasteiger partial charge is 0.488 e. The SMILES string of the molecule is CC(C)NCCCCOc1c(F)cccc1F. The highest BCUT2D eigenvalue weighted by Gasteiger charge is 2.08. The van der Waals surface area contributed by atoms with Gasteiger partial charge < -0.3 is 10.1 Å². The van der Waals surface area contributed by atoms with Crippen LogP contribution in [0.5, 0.6) is 5.75 Å². The maximum atomic E-state index is 13.2. The first-order valence-electron chi connectivity index (χ1n) is 5.91. The van der Waals surface area contributed by atoms with E-state index in [0.717, 1.165) is 19.4 Å². The minimum Gasteiger partial charge on any atom is -0.488 e. The Labute approximate surface area is 101 Å². The topological polar surface area (TPSA) is 21.3 Å². The second-order valence-corrected chi connectivity index (χ2v) is 4.22. The van der Waals surface area contributed by atoms with Gasteiger partial charge in [0, 0.05) is 6.04 Å². The molecule has 0 aromatic heterocycles. The van der Waals surface area contributed by atoms with Crippen molar-refractivity contribution in [2.24, 2.45) is 0 Å². The van der Waals surface area contributed by atoms with Crippen molar-refractivity contribution in [3.05, 3.63) is 29.8 Å². The Morgan fingerprint density at radius 2 is 1.82 bits per heavy atom. The van der Waals surface area contributed by atoms with Crippen LogP contribution in [0.2, 0.25) is 0 Å². The Hall–Kier alpha value is -1.16. The number of hydrogen-bond donors (Lipinski definition) is 1. The summed E-state index contributed by atoms with van der Waals surface area (Å²) in [6.45, 7) is 5.37. The van der Waals surface area contributed by atoms with Crippen molar-refractivity contribution in [1.82, 2.24) is 5.32 Å². The molecule has 1 aromatic carbocycles. The van der Waals surface area contributed by atoms with Crippen molar-refractivity contribution in [3.8, 4) is 5.75 Å². The van der Waals surface area contributed by atoms with Crippen LogP contribution < -0.4 is 10.1 Å². The molecular weight excluding hydrogens is 224 g/mol. The van der Waals surface area contributed by atoms with Crippen LogP contribution in [0.3, 0.4) is 0 Å². The lowest BCUT2D eigenvalue weighted by molar-refractivity contribution is 0.275. The number of benzene rings is 1. The van der Waals surface area contributed by atoms with Gasteiger partial charge in [-0.05, 0) is 31.5 Å². The van der Waals surface area contributed by atoms with E-state index < -0.39 is 11.6 Å². The second kappa shape index (κ2) is 7.22. The van der Waals surface area contributed by atoms with Gasteiger partial charge in [0.2, 0.25) is 0 Å². The maximum Gasteiger partial charge on any atom is 0.190 e. The molecule has 1 aromatic rings. The van der Waals surface area contributed by atoms with Crippen molar-refractivity contribution in [3.63, 3.8) is 0 Å². The molecule has 0 fully saturated rings. The molecule has 17 heavy (non-hydrogen) atoms. The number of nitrogens with one attached hydrogen (secondary N) is 1. The van der Waals surface area contributed by atoms with Crippen LogP contribution in [0.25, 0.3) is 0 Å². The van der Waals surface area contributed by atoms with Gasteiger partial charge in [0.05, 0.1) is 6.61 Å². The van der Waals surface area contributed by atoms with E-state index in [0.29, 0.717) is 12.6 Å². The normalized spacial score (nSPS) is 10.9. The van der Waals surface area contributed by atoms with Gasteiger partial charge in [-0.3, -0.25) is 0 Å². The van der Waals surface area contributed by atoms with Crippen LogP contribution in [0.4, 0.5) is 8.78 Å². The zero-order chi connectivity index (χ0) is 12.7. The lowest BCUT2D eigenvalue weighted by atomic mass is 10.3. The molecule has 0 atom stereocenters. The number of hydrogen-bond acceptors (Lipinski definition) is 2. The van der Waals surface area contributed by atoms with Gasteiger partial charge in [0.15, 0.2) is 17.4 Å². The molecule has 0 unspecified atom stereocenters. The van der Waals surface area contributed by atoms with Gasteiger partial charge >= 0.3 is 0 Å². The number of para-hydroxylation sites is 1. The first-order chi connectivity index (χ1) is 8.11. The van der Waals surface area contributed by atoms with Crippen LogP contribution in [0.15, 0.2) is 18.2 Å². The van der Waals surface area contributed by atoms with Crippen molar-refractivity contribution in [2.45, 2.75) is 32.7 Å². The molecule has 0 amide bonds. The smallest absolute Gasteiger partial charge is 0.190 e. The molecule has 1 N–H and O–H groups in total. The van der Waals surface area contributed by atoms with E-state index in [1.165, 1.54) is 18.2 Å². The van der Waals surface area contributed by atoms with Crippen molar-refractivity contribution in [2.75, 3.05) is 13.2 Å². The lowest BCUT2D eigenvalue weighted by Crippen LogP contribution is -2.23. The average molecular weight is 243 g/mol. The third-order valence-corrected chi connectivity index (χ3v) is 2.29. The van der Waals surface area contributed by atoms with Gasteiger partial charge in [-0.1, -0.05) is 19.9 Å². The summed E-state index contributed by atoms with van der Waals surface area (Å²) in [5.41, 5.74) is 0. The van der Waals surface area contributed by atoms with Gasteiger partial charge in [0.1, 0.15) is 0 Å². The summed E-state index contributed by atoms with van der Waals surface area (Å²) in [5.74, 6) is -1.57. The fraction of sp³-hybridized carbons (Fsp3) is 0.538. The van der Waals surface area contributed by atoms with E-state index >= 15 is 0 Å². The number of unbranched alkanes of at least 4 members (excludes halogenated alkanes) is 1. The van der Waals surface area contributed by atoms with Gasteiger partial charge in [-0.15, -0.1) is 0 Å².